The summed E-state index contributed by atoms with van der Waals surface area (Å²) < 4.78 is 0. The highest BCUT2D eigenvalue weighted by atomic mass is 28.3. The second kappa shape index (κ2) is 3.78. The number of hydrogen-bond donors (Lipinski definition) is 0. The lowest BCUT2D eigenvalue weighted by Gasteiger charge is -2.30. The largest absolute Gasteiger partial charge is 0.300 e. The molecule has 1 aliphatic carbocycles. The lowest BCUT2D eigenvalue weighted by Crippen LogP contribution is -2.31. The van der Waals surface area contributed by atoms with Crippen LogP contribution in [0, 0.1) is 5.92 Å². The maximum atomic E-state index is 11.3. The molecule has 1 unspecified atom stereocenters. The highest BCUT2D eigenvalue weighted by Gasteiger charge is 2.28. The molecule has 1 atom stereocenters. The van der Waals surface area contributed by atoms with Crippen LogP contribution in [0.1, 0.15) is 25.7 Å². The van der Waals surface area contributed by atoms with Gasteiger partial charge >= 0.3 is 0 Å². The fourth-order valence-electron chi connectivity index (χ4n) is 1.93. The molecule has 0 aromatic heterocycles. The van der Waals surface area contributed by atoms with E-state index in [1.54, 1.807) is 0 Å². The number of ketones is 1. The average molecular weight is 196 g/mol. The zero-order chi connectivity index (χ0) is 10.1. The molecule has 1 nitrogen and oxygen atoms in total. The molecule has 0 heterocycles. The summed E-state index contributed by atoms with van der Waals surface area (Å²) in [6.07, 6.45) is 3.83. The Morgan fingerprint density at radius 1 is 1.46 bits per heavy atom. The first kappa shape index (κ1) is 10.7. The van der Waals surface area contributed by atoms with E-state index in [1.165, 1.54) is 11.6 Å². The number of Topliss-reactive ketones (excluding diaryl/α,β-unsaturated/α-hetero) is 1. The van der Waals surface area contributed by atoms with Crippen LogP contribution >= 0.6 is 0 Å². The highest BCUT2D eigenvalue weighted by Crippen LogP contribution is 2.31. The van der Waals surface area contributed by atoms with Crippen molar-refractivity contribution in [3.8, 4) is 0 Å². The summed E-state index contributed by atoms with van der Waals surface area (Å²) in [7, 11) is -1.22. The standard InChI is InChI=1S/C11H20OSi/c1-9(13(2,3)4)10-6-5-7-11(12)8-10/h10H,1,5-8H2,2-4H3. The molecule has 0 aliphatic heterocycles. The van der Waals surface area contributed by atoms with E-state index in [2.05, 4.69) is 26.2 Å². The second-order valence-electron chi connectivity index (χ2n) is 5.11. The minimum absolute atomic E-state index is 0.440. The van der Waals surface area contributed by atoms with Crippen molar-refractivity contribution in [2.45, 2.75) is 45.3 Å². The first-order valence-corrected chi connectivity index (χ1v) is 8.62. The van der Waals surface area contributed by atoms with Gasteiger partial charge in [0.1, 0.15) is 5.78 Å². The van der Waals surface area contributed by atoms with Crippen LogP contribution in [0.15, 0.2) is 11.8 Å². The molecular weight excluding hydrogens is 176 g/mol. The van der Waals surface area contributed by atoms with E-state index in [0.29, 0.717) is 11.7 Å². The molecule has 0 radical (unpaired) electrons. The Labute approximate surface area is 82.2 Å². The van der Waals surface area contributed by atoms with Gasteiger partial charge in [0.15, 0.2) is 0 Å². The first-order chi connectivity index (χ1) is 5.91. The summed E-state index contributed by atoms with van der Waals surface area (Å²) in [5.74, 6) is 0.948. The van der Waals surface area contributed by atoms with Gasteiger partial charge in [0, 0.05) is 12.8 Å². The Hall–Kier alpha value is -0.373. The van der Waals surface area contributed by atoms with Crippen molar-refractivity contribution in [1.82, 2.24) is 0 Å². The molecular formula is C11H20OSi. The molecule has 0 saturated heterocycles. The summed E-state index contributed by atoms with van der Waals surface area (Å²) in [6, 6.07) is 0. The van der Waals surface area contributed by atoms with Gasteiger partial charge in [0.25, 0.3) is 0 Å². The van der Waals surface area contributed by atoms with Gasteiger partial charge < -0.3 is 0 Å². The maximum absolute atomic E-state index is 11.3. The van der Waals surface area contributed by atoms with Crippen molar-refractivity contribution in [3.63, 3.8) is 0 Å². The Kier molecular flexibility index (Phi) is 3.12. The van der Waals surface area contributed by atoms with Crippen LogP contribution < -0.4 is 0 Å². The van der Waals surface area contributed by atoms with Crippen LogP contribution in [0.5, 0.6) is 0 Å². The minimum atomic E-state index is -1.22. The van der Waals surface area contributed by atoms with Gasteiger partial charge in [-0.15, -0.1) is 6.58 Å². The van der Waals surface area contributed by atoms with Crippen LogP contribution in [0.4, 0.5) is 0 Å². The third-order valence-corrected chi connectivity index (χ3v) is 5.27. The van der Waals surface area contributed by atoms with Crippen LogP contribution in [-0.4, -0.2) is 13.9 Å². The third-order valence-electron chi connectivity index (χ3n) is 2.94. The van der Waals surface area contributed by atoms with Crippen molar-refractivity contribution >= 4 is 13.9 Å². The van der Waals surface area contributed by atoms with Crippen LogP contribution in [0.3, 0.4) is 0 Å². The summed E-state index contributed by atoms with van der Waals surface area (Å²) in [6.45, 7) is 11.1. The van der Waals surface area contributed by atoms with Gasteiger partial charge in [-0.2, -0.15) is 0 Å². The van der Waals surface area contributed by atoms with E-state index in [0.717, 1.165) is 19.3 Å². The monoisotopic (exact) mass is 196 g/mol. The van der Waals surface area contributed by atoms with E-state index in [-0.39, 0.29) is 0 Å². The molecule has 13 heavy (non-hydrogen) atoms. The van der Waals surface area contributed by atoms with Crippen molar-refractivity contribution in [1.29, 1.82) is 0 Å². The van der Waals surface area contributed by atoms with Crippen molar-refractivity contribution in [2.24, 2.45) is 5.92 Å². The van der Waals surface area contributed by atoms with Gasteiger partial charge in [0.05, 0.1) is 8.07 Å². The molecule has 0 aromatic carbocycles. The summed E-state index contributed by atoms with van der Waals surface area (Å²) in [4.78, 5) is 11.3. The van der Waals surface area contributed by atoms with Crippen molar-refractivity contribution in [2.75, 3.05) is 0 Å². The summed E-state index contributed by atoms with van der Waals surface area (Å²) in [5.41, 5.74) is 0. The molecule has 74 valence electrons. The van der Waals surface area contributed by atoms with E-state index < -0.39 is 8.07 Å². The summed E-state index contributed by atoms with van der Waals surface area (Å²) >= 11 is 0. The molecule has 0 aromatic rings. The van der Waals surface area contributed by atoms with Gasteiger partial charge in [-0.25, -0.2) is 0 Å². The van der Waals surface area contributed by atoms with Gasteiger partial charge in [-0.3, -0.25) is 4.79 Å². The number of carbonyl (C=O) groups is 1. The molecule has 1 aliphatic rings. The zero-order valence-electron chi connectivity index (χ0n) is 9.02. The summed E-state index contributed by atoms with van der Waals surface area (Å²) in [5, 5.41) is 1.39. The Bertz CT molecular complexity index is 225. The normalized spacial score (nSPS) is 24.5. The fourth-order valence-corrected chi connectivity index (χ4v) is 3.41. The van der Waals surface area contributed by atoms with E-state index in [9.17, 15) is 4.79 Å². The third kappa shape index (κ3) is 2.80. The number of allylic oxidation sites excluding steroid dienone is 1. The van der Waals surface area contributed by atoms with Crippen LogP contribution in [0.25, 0.3) is 0 Å². The predicted octanol–water partition coefficient (Wildman–Crippen LogP) is 3.18. The minimum Gasteiger partial charge on any atom is -0.300 e. The van der Waals surface area contributed by atoms with E-state index in [4.69, 9.17) is 0 Å². The molecule has 2 heteroatoms. The number of carbonyl (C=O) groups excluding carboxylic acids is 1. The van der Waals surface area contributed by atoms with Crippen LogP contribution in [0.2, 0.25) is 19.6 Å². The van der Waals surface area contributed by atoms with Gasteiger partial charge in [-0.1, -0.05) is 24.8 Å². The van der Waals surface area contributed by atoms with Gasteiger partial charge in [-0.05, 0) is 18.8 Å². The zero-order valence-corrected chi connectivity index (χ0v) is 10.0. The average Bonchev–Trinajstić information content (AvgIpc) is 2.01. The SMILES string of the molecule is C=C(C1CCCC(=O)C1)[Si](C)(C)C. The Balaban J connectivity index is 2.62. The Morgan fingerprint density at radius 2 is 2.08 bits per heavy atom. The van der Waals surface area contributed by atoms with Crippen molar-refractivity contribution in [3.05, 3.63) is 11.8 Å². The molecule has 0 bridgehead atoms. The fraction of sp³-hybridized carbons (Fsp3) is 0.727. The van der Waals surface area contributed by atoms with E-state index >= 15 is 0 Å². The van der Waals surface area contributed by atoms with Gasteiger partial charge in [0.2, 0.25) is 0 Å². The first-order valence-electron chi connectivity index (χ1n) is 5.12. The molecule has 0 spiro atoms. The number of rotatable bonds is 2. The molecule has 1 fully saturated rings. The second-order valence-corrected chi connectivity index (χ2v) is 10.2. The van der Waals surface area contributed by atoms with E-state index in [1.807, 2.05) is 0 Å². The smallest absolute Gasteiger partial charge is 0.133 e. The predicted molar refractivity (Wildman–Crippen MR) is 59.5 cm³/mol. The molecule has 1 rings (SSSR count). The van der Waals surface area contributed by atoms with Crippen molar-refractivity contribution < 1.29 is 4.79 Å². The molecule has 1 saturated carbocycles. The Morgan fingerprint density at radius 3 is 2.54 bits per heavy atom. The highest BCUT2D eigenvalue weighted by molar-refractivity contribution is 6.83. The quantitative estimate of drug-likeness (QED) is 0.620. The molecule has 0 N–H and O–H groups in total. The number of hydrogen-bond acceptors (Lipinski definition) is 1. The lowest BCUT2D eigenvalue weighted by molar-refractivity contribution is -0.121. The maximum Gasteiger partial charge on any atom is 0.133 e. The molecule has 0 amide bonds. The topological polar surface area (TPSA) is 17.1 Å². The lowest BCUT2D eigenvalue weighted by atomic mass is 9.88. The van der Waals surface area contributed by atoms with Crippen LogP contribution in [-0.2, 0) is 4.79 Å².